The number of rotatable bonds is 4. The molecular weight excluding hydrogens is 240 g/mol. The van der Waals surface area contributed by atoms with E-state index in [1.165, 1.54) is 37.2 Å². The fourth-order valence-electron chi connectivity index (χ4n) is 2.92. The molecule has 102 valence electrons. The van der Waals surface area contributed by atoms with E-state index in [1.54, 1.807) is 0 Å². The Morgan fingerprint density at radius 1 is 1.44 bits per heavy atom. The van der Waals surface area contributed by atoms with Crippen LogP contribution in [0.1, 0.15) is 51.0 Å². The van der Waals surface area contributed by atoms with E-state index in [9.17, 15) is 0 Å². The van der Waals surface area contributed by atoms with Crippen molar-refractivity contribution in [2.45, 2.75) is 51.6 Å². The molecule has 1 aliphatic heterocycles. The zero-order valence-electron chi connectivity index (χ0n) is 11.9. The summed E-state index contributed by atoms with van der Waals surface area (Å²) in [5.41, 5.74) is 0.321. The molecule has 1 unspecified atom stereocenters. The van der Waals surface area contributed by atoms with Gasteiger partial charge in [-0.05, 0) is 44.2 Å². The highest BCUT2D eigenvalue weighted by Crippen LogP contribution is 2.29. The minimum absolute atomic E-state index is 0.321. The third-order valence-electron chi connectivity index (χ3n) is 4.48. The first-order chi connectivity index (χ1) is 8.71. The Morgan fingerprint density at radius 2 is 2.22 bits per heavy atom. The zero-order chi connectivity index (χ0) is 13.0. The molecule has 1 saturated heterocycles. The Hall–Kier alpha value is -0.380. The van der Waals surface area contributed by atoms with Gasteiger partial charge in [-0.1, -0.05) is 19.9 Å². The van der Waals surface area contributed by atoms with Crippen LogP contribution in [0.15, 0.2) is 17.5 Å². The van der Waals surface area contributed by atoms with Gasteiger partial charge in [-0.2, -0.15) is 0 Å². The molecule has 3 heteroatoms. The van der Waals surface area contributed by atoms with Crippen molar-refractivity contribution < 1.29 is 0 Å². The van der Waals surface area contributed by atoms with E-state index in [1.807, 2.05) is 11.3 Å². The SMILES string of the molecule is CCC1(CC)CN(C(C)c2cccs2)CCCN1. The van der Waals surface area contributed by atoms with Gasteiger partial charge in [0.15, 0.2) is 0 Å². The average Bonchev–Trinajstić information content (AvgIpc) is 2.85. The topological polar surface area (TPSA) is 15.3 Å². The second-order valence-electron chi connectivity index (χ2n) is 5.43. The molecule has 0 spiro atoms. The molecule has 0 bridgehead atoms. The quantitative estimate of drug-likeness (QED) is 0.894. The highest BCUT2D eigenvalue weighted by Gasteiger charge is 2.32. The number of nitrogens with one attached hydrogen (secondary N) is 1. The van der Waals surface area contributed by atoms with Gasteiger partial charge in [0.05, 0.1) is 0 Å². The lowest BCUT2D eigenvalue weighted by atomic mass is 9.92. The maximum atomic E-state index is 3.79. The first kappa shape index (κ1) is 14.0. The van der Waals surface area contributed by atoms with E-state index in [4.69, 9.17) is 0 Å². The summed E-state index contributed by atoms with van der Waals surface area (Å²) in [6.07, 6.45) is 3.70. The van der Waals surface area contributed by atoms with Crippen molar-refractivity contribution in [3.05, 3.63) is 22.4 Å². The van der Waals surface area contributed by atoms with E-state index < -0.39 is 0 Å². The van der Waals surface area contributed by atoms with Gasteiger partial charge in [-0.15, -0.1) is 11.3 Å². The largest absolute Gasteiger partial charge is 0.310 e. The fraction of sp³-hybridized carbons (Fsp3) is 0.733. The van der Waals surface area contributed by atoms with Gasteiger partial charge in [0.25, 0.3) is 0 Å². The van der Waals surface area contributed by atoms with E-state index >= 15 is 0 Å². The molecular formula is C15H26N2S. The number of thiophene rings is 1. The fourth-order valence-corrected chi connectivity index (χ4v) is 3.74. The second-order valence-corrected chi connectivity index (χ2v) is 6.41. The van der Waals surface area contributed by atoms with Crippen molar-refractivity contribution in [2.24, 2.45) is 0 Å². The van der Waals surface area contributed by atoms with Crippen LogP contribution < -0.4 is 5.32 Å². The van der Waals surface area contributed by atoms with Crippen LogP contribution in [0.4, 0.5) is 0 Å². The normalized spacial score (nSPS) is 22.6. The maximum Gasteiger partial charge on any atom is 0.0414 e. The van der Waals surface area contributed by atoms with Gasteiger partial charge in [-0.25, -0.2) is 0 Å². The molecule has 0 amide bonds. The standard InChI is InChI=1S/C15H26N2S/c1-4-15(5-2)12-17(10-7-9-16-15)13(3)14-8-6-11-18-14/h6,8,11,13,16H,4-5,7,9-10,12H2,1-3H3. The van der Waals surface area contributed by atoms with E-state index in [0.717, 1.165) is 6.54 Å². The van der Waals surface area contributed by atoms with Gasteiger partial charge in [0, 0.05) is 29.5 Å². The summed E-state index contributed by atoms with van der Waals surface area (Å²) in [6, 6.07) is 4.99. The van der Waals surface area contributed by atoms with Gasteiger partial charge in [0.2, 0.25) is 0 Å². The molecule has 0 radical (unpaired) electrons. The first-order valence-corrected chi connectivity index (χ1v) is 8.11. The zero-order valence-corrected chi connectivity index (χ0v) is 12.7. The Kier molecular flexibility index (Phi) is 4.82. The highest BCUT2D eigenvalue weighted by molar-refractivity contribution is 7.10. The maximum absolute atomic E-state index is 3.79. The summed E-state index contributed by atoms with van der Waals surface area (Å²) in [7, 11) is 0. The van der Waals surface area contributed by atoms with Crippen LogP contribution in [-0.2, 0) is 0 Å². The molecule has 0 aliphatic carbocycles. The molecule has 0 aromatic carbocycles. The lowest BCUT2D eigenvalue weighted by Crippen LogP contribution is -2.50. The van der Waals surface area contributed by atoms with Crippen LogP contribution in [0.2, 0.25) is 0 Å². The Morgan fingerprint density at radius 3 is 2.83 bits per heavy atom. The van der Waals surface area contributed by atoms with Crippen LogP contribution >= 0.6 is 11.3 Å². The highest BCUT2D eigenvalue weighted by atomic mass is 32.1. The van der Waals surface area contributed by atoms with Crippen LogP contribution in [0.3, 0.4) is 0 Å². The van der Waals surface area contributed by atoms with Crippen LogP contribution in [-0.4, -0.2) is 30.1 Å². The molecule has 0 saturated carbocycles. The summed E-state index contributed by atoms with van der Waals surface area (Å²) >= 11 is 1.88. The molecule has 2 rings (SSSR count). The number of hydrogen-bond donors (Lipinski definition) is 1. The third kappa shape index (κ3) is 2.95. The summed E-state index contributed by atoms with van der Waals surface area (Å²) in [5, 5.41) is 5.98. The van der Waals surface area contributed by atoms with Crippen LogP contribution in [0.25, 0.3) is 0 Å². The lowest BCUT2D eigenvalue weighted by molar-refractivity contribution is 0.158. The van der Waals surface area contributed by atoms with Gasteiger partial charge >= 0.3 is 0 Å². The third-order valence-corrected chi connectivity index (χ3v) is 5.53. The summed E-state index contributed by atoms with van der Waals surface area (Å²) in [5.74, 6) is 0. The van der Waals surface area contributed by atoms with Gasteiger partial charge in [-0.3, -0.25) is 4.90 Å². The van der Waals surface area contributed by atoms with Gasteiger partial charge < -0.3 is 5.32 Å². The first-order valence-electron chi connectivity index (χ1n) is 7.23. The Bertz CT molecular complexity index is 343. The Balaban J connectivity index is 2.12. The predicted molar refractivity (Wildman–Crippen MR) is 80.2 cm³/mol. The second kappa shape index (κ2) is 6.18. The average molecular weight is 266 g/mol. The number of hydrogen-bond acceptors (Lipinski definition) is 3. The minimum atomic E-state index is 0.321. The molecule has 1 N–H and O–H groups in total. The summed E-state index contributed by atoms with van der Waals surface area (Å²) in [4.78, 5) is 4.16. The molecule has 1 fully saturated rings. The van der Waals surface area contributed by atoms with Crippen molar-refractivity contribution >= 4 is 11.3 Å². The molecule has 18 heavy (non-hydrogen) atoms. The number of nitrogens with zero attached hydrogens (tertiary/aromatic N) is 1. The lowest BCUT2D eigenvalue weighted by Gasteiger charge is -2.37. The van der Waals surface area contributed by atoms with Crippen molar-refractivity contribution in [3.8, 4) is 0 Å². The van der Waals surface area contributed by atoms with Crippen molar-refractivity contribution in [3.63, 3.8) is 0 Å². The van der Waals surface area contributed by atoms with Crippen LogP contribution in [0.5, 0.6) is 0 Å². The summed E-state index contributed by atoms with van der Waals surface area (Å²) < 4.78 is 0. The van der Waals surface area contributed by atoms with Gasteiger partial charge in [0.1, 0.15) is 0 Å². The Labute approximate surface area is 115 Å². The van der Waals surface area contributed by atoms with E-state index in [-0.39, 0.29) is 0 Å². The molecule has 2 heterocycles. The molecule has 2 nitrogen and oxygen atoms in total. The monoisotopic (exact) mass is 266 g/mol. The van der Waals surface area contributed by atoms with Crippen LogP contribution in [0, 0.1) is 0 Å². The van der Waals surface area contributed by atoms with Crippen molar-refractivity contribution in [1.29, 1.82) is 0 Å². The van der Waals surface area contributed by atoms with E-state index in [2.05, 4.69) is 48.5 Å². The molecule has 1 aliphatic rings. The predicted octanol–water partition coefficient (Wildman–Crippen LogP) is 3.66. The van der Waals surface area contributed by atoms with Crippen molar-refractivity contribution in [2.75, 3.05) is 19.6 Å². The molecule has 1 aromatic heterocycles. The molecule has 1 aromatic rings. The minimum Gasteiger partial charge on any atom is -0.310 e. The van der Waals surface area contributed by atoms with Crippen molar-refractivity contribution in [1.82, 2.24) is 10.2 Å². The smallest absolute Gasteiger partial charge is 0.0414 e. The molecule has 1 atom stereocenters. The van der Waals surface area contributed by atoms with E-state index in [0.29, 0.717) is 11.6 Å². The summed E-state index contributed by atoms with van der Waals surface area (Å²) in [6.45, 7) is 10.5.